The lowest BCUT2D eigenvalue weighted by Crippen LogP contribution is -1.95. The van der Waals surface area contributed by atoms with Crippen LogP contribution in [-0.2, 0) is 4.74 Å². The number of aromatic nitrogens is 2. The average molecular weight is 231 g/mol. The molecule has 0 radical (unpaired) electrons. The molecular weight excluding hydrogens is 218 g/mol. The number of benzene rings is 1. The van der Waals surface area contributed by atoms with E-state index in [1.807, 2.05) is 24.3 Å². The van der Waals surface area contributed by atoms with E-state index in [1.54, 1.807) is 0 Å². The maximum atomic E-state index is 5.71. The second-order valence-corrected chi connectivity index (χ2v) is 4.07. The Bertz CT molecular complexity index is 518. The van der Waals surface area contributed by atoms with Crippen LogP contribution in [0, 0.1) is 0 Å². The number of rotatable bonds is 2. The van der Waals surface area contributed by atoms with Crippen molar-refractivity contribution in [2.75, 3.05) is 12.3 Å². The van der Waals surface area contributed by atoms with Gasteiger partial charge in [-0.15, -0.1) is 10.2 Å². The van der Waals surface area contributed by atoms with E-state index in [-0.39, 0.29) is 6.10 Å². The number of ether oxygens (including phenoxy) is 1. The lowest BCUT2D eigenvalue weighted by atomic mass is 10.2. The van der Waals surface area contributed by atoms with Crippen LogP contribution in [0.3, 0.4) is 0 Å². The van der Waals surface area contributed by atoms with Gasteiger partial charge < -0.3 is 14.9 Å². The Hall–Kier alpha value is -1.88. The summed E-state index contributed by atoms with van der Waals surface area (Å²) in [6.07, 6.45) is 1.94. The molecule has 1 aromatic carbocycles. The van der Waals surface area contributed by atoms with Crippen LogP contribution in [0.2, 0.25) is 0 Å². The molecule has 1 saturated heterocycles. The predicted octanol–water partition coefficient (Wildman–Crippen LogP) is 2.17. The molecule has 1 fully saturated rings. The Morgan fingerprint density at radius 3 is 3.00 bits per heavy atom. The average Bonchev–Trinajstić information content (AvgIpc) is 3.00. The van der Waals surface area contributed by atoms with Crippen molar-refractivity contribution in [2.45, 2.75) is 18.9 Å². The van der Waals surface area contributed by atoms with Gasteiger partial charge in [0.1, 0.15) is 6.10 Å². The smallest absolute Gasteiger partial charge is 0.247 e. The van der Waals surface area contributed by atoms with Gasteiger partial charge in [0.05, 0.1) is 0 Å². The van der Waals surface area contributed by atoms with E-state index in [0.29, 0.717) is 17.5 Å². The molecule has 0 aliphatic carbocycles. The lowest BCUT2D eigenvalue weighted by Gasteiger charge is -2.01. The first-order valence-corrected chi connectivity index (χ1v) is 5.64. The van der Waals surface area contributed by atoms with Crippen molar-refractivity contribution in [2.24, 2.45) is 0 Å². The SMILES string of the molecule is Nc1cccc(-c2nnc([C@H]3CCCO3)o2)c1. The van der Waals surface area contributed by atoms with Crippen LogP contribution in [0.15, 0.2) is 28.7 Å². The third-order valence-electron chi connectivity index (χ3n) is 2.78. The topological polar surface area (TPSA) is 74.2 Å². The van der Waals surface area contributed by atoms with Crippen molar-refractivity contribution in [1.29, 1.82) is 0 Å². The Morgan fingerprint density at radius 2 is 2.24 bits per heavy atom. The van der Waals surface area contributed by atoms with Gasteiger partial charge in [-0.05, 0) is 31.0 Å². The highest BCUT2D eigenvalue weighted by atomic mass is 16.5. The van der Waals surface area contributed by atoms with Crippen molar-refractivity contribution >= 4 is 5.69 Å². The molecule has 0 saturated carbocycles. The van der Waals surface area contributed by atoms with Crippen LogP contribution in [0.25, 0.3) is 11.5 Å². The maximum Gasteiger partial charge on any atom is 0.247 e. The molecule has 3 rings (SSSR count). The molecule has 0 bridgehead atoms. The minimum Gasteiger partial charge on any atom is -0.418 e. The van der Waals surface area contributed by atoms with Crippen LogP contribution < -0.4 is 5.73 Å². The molecule has 2 N–H and O–H groups in total. The highest BCUT2D eigenvalue weighted by Gasteiger charge is 2.23. The minimum absolute atomic E-state index is 0.0442. The molecule has 1 aromatic heterocycles. The molecular formula is C12H13N3O2. The summed E-state index contributed by atoms with van der Waals surface area (Å²) in [6.45, 7) is 0.765. The predicted molar refractivity (Wildman–Crippen MR) is 62.1 cm³/mol. The molecule has 5 nitrogen and oxygen atoms in total. The fourth-order valence-corrected chi connectivity index (χ4v) is 1.93. The quantitative estimate of drug-likeness (QED) is 0.802. The van der Waals surface area contributed by atoms with Crippen LogP contribution in [0.4, 0.5) is 5.69 Å². The van der Waals surface area contributed by atoms with Crippen LogP contribution in [0.1, 0.15) is 24.8 Å². The van der Waals surface area contributed by atoms with Gasteiger partial charge in [-0.25, -0.2) is 0 Å². The van der Waals surface area contributed by atoms with Crippen molar-refractivity contribution in [3.63, 3.8) is 0 Å². The number of nitrogens with zero attached hydrogens (tertiary/aromatic N) is 2. The standard InChI is InChI=1S/C12H13N3O2/c13-9-4-1-3-8(7-9)11-14-15-12(17-11)10-5-2-6-16-10/h1,3-4,7,10H,2,5-6,13H2/t10-/m1/s1. The number of anilines is 1. The lowest BCUT2D eigenvalue weighted by molar-refractivity contribution is 0.0896. The molecule has 88 valence electrons. The normalized spacial score (nSPS) is 19.6. The second-order valence-electron chi connectivity index (χ2n) is 4.07. The third-order valence-corrected chi connectivity index (χ3v) is 2.78. The minimum atomic E-state index is -0.0442. The van der Waals surface area contributed by atoms with E-state index in [4.69, 9.17) is 14.9 Å². The number of nitrogens with two attached hydrogens (primary N) is 1. The summed E-state index contributed by atoms with van der Waals surface area (Å²) in [4.78, 5) is 0. The zero-order valence-corrected chi connectivity index (χ0v) is 9.30. The summed E-state index contributed by atoms with van der Waals surface area (Å²) in [5, 5.41) is 8.04. The van der Waals surface area contributed by atoms with E-state index in [0.717, 1.165) is 25.0 Å². The summed E-state index contributed by atoms with van der Waals surface area (Å²) in [6, 6.07) is 7.39. The number of hydrogen-bond acceptors (Lipinski definition) is 5. The Kier molecular flexibility index (Phi) is 2.53. The third kappa shape index (κ3) is 2.01. The summed E-state index contributed by atoms with van der Waals surface area (Å²) in [5.74, 6) is 1.04. The van der Waals surface area contributed by atoms with Gasteiger partial charge in [-0.2, -0.15) is 0 Å². The zero-order valence-electron chi connectivity index (χ0n) is 9.30. The Balaban J connectivity index is 1.89. The number of hydrogen-bond donors (Lipinski definition) is 1. The van der Waals surface area contributed by atoms with Gasteiger partial charge >= 0.3 is 0 Å². The van der Waals surface area contributed by atoms with Gasteiger partial charge in [0.25, 0.3) is 0 Å². The molecule has 2 heterocycles. The molecule has 17 heavy (non-hydrogen) atoms. The van der Waals surface area contributed by atoms with Crippen molar-refractivity contribution in [3.05, 3.63) is 30.2 Å². The monoisotopic (exact) mass is 231 g/mol. The summed E-state index contributed by atoms with van der Waals surface area (Å²) in [5.41, 5.74) is 7.23. The Labute approximate surface area is 98.6 Å². The fourth-order valence-electron chi connectivity index (χ4n) is 1.93. The van der Waals surface area contributed by atoms with Gasteiger partial charge in [-0.1, -0.05) is 6.07 Å². The fraction of sp³-hybridized carbons (Fsp3) is 0.333. The van der Waals surface area contributed by atoms with E-state index < -0.39 is 0 Å². The first kappa shape index (κ1) is 10.3. The van der Waals surface area contributed by atoms with Crippen LogP contribution in [-0.4, -0.2) is 16.8 Å². The molecule has 1 aliphatic heterocycles. The highest BCUT2D eigenvalue weighted by Crippen LogP contribution is 2.29. The van der Waals surface area contributed by atoms with Crippen LogP contribution in [0.5, 0.6) is 0 Å². The van der Waals surface area contributed by atoms with Gasteiger partial charge in [0.2, 0.25) is 11.8 Å². The zero-order chi connectivity index (χ0) is 11.7. The Morgan fingerprint density at radius 1 is 1.29 bits per heavy atom. The van der Waals surface area contributed by atoms with E-state index in [9.17, 15) is 0 Å². The van der Waals surface area contributed by atoms with Gasteiger partial charge in [-0.3, -0.25) is 0 Å². The van der Waals surface area contributed by atoms with Gasteiger partial charge in [0.15, 0.2) is 0 Å². The summed E-state index contributed by atoms with van der Waals surface area (Å²) >= 11 is 0. The number of nitrogen functional groups attached to an aromatic ring is 1. The molecule has 2 aromatic rings. The van der Waals surface area contributed by atoms with Gasteiger partial charge in [0, 0.05) is 17.9 Å². The van der Waals surface area contributed by atoms with Crippen molar-refractivity contribution < 1.29 is 9.15 Å². The molecule has 1 aliphatic rings. The molecule has 0 unspecified atom stereocenters. The second kappa shape index (κ2) is 4.18. The van der Waals surface area contributed by atoms with Crippen molar-refractivity contribution in [3.8, 4) is 11.5 Å². The summed E-state index contributed by atoms with van der Waals surface area (Å²) < 4.78 is 11.1. The molecule has 5 heteroatoms. The molecule has 1 atom stereocenters. The first-order valence-electron chi connectivity index (χ1n) is 5.64. The molecule has 0 amide bonds. The van der Waals surface area contributed by atoms with Crippen molar-refractivity contribution in [1.82, 2.24) is 10.2 Å². The largest absolute Gasteiger partial charge is 0.418 e. The van der Waals surface area contributed by atoms with Crippen LogP contribution >= 0.6 is 0 Å². The highest BCUT2D eigenvalue weighted by molar-refractivity contribution is 5.59. The van der Waals surface area contributed by atoms with E-state index in [2.05, 4.69) is 10.2 Å². The summed E-state index contributed by atoms with van der Waals surface area (Å²) in [7, 11) is 0. The van der Waals surface area contributed by atoms with E-state index in [1.165, 1.54) is 0 Å². The van der Waals surface area contributed by atoms with E-state index >= 15 is 0 Å². The first-order chi connectivity index (χ1) is 8.33. The molecule has 0 spiro atoms. The maximum absolute atomic E-state index is 5.71.